The molecule has 0 amide bonds. The Bertz CT molecular complexity index is 642. The first kappa shape index (κ1) is 15.9. The number of aromatic nitrogens is 1. The molecule has 1 aromatic heterocycles. The minimum Gasteiger partial charge on any atom is -0.344 e. The van der Waals surface area contributed by atoms with Gasteiger partial charge in [0.25, 0.3) is 0 Å². The summed E-state index contributed by atoms with van der Waals surface area (Å²) in [6, 6.07) is 7.53. The average Bonchev–Trinajstić information content (AvgIpc) is 2.28. The average molecular weight is 435 g/mol. The van der Waals surface area contributed by atoms with Crippen LogP contribution in [0.4, 0.5) is 8.78 Å². The van der Waals surface area contributed by atoms with Crippen LogP contribution in [0.5, 0.6) is 0 Å². The number of rotatable bonds is 1. The maximum absolute atomic E-state index is 13.6. The molecule has 0 aliphatic carbocycles. The Hall–Kier alpha value is -0.136. The first-order valence-electron chi connectivity index (χ1n) is 4.73. The molecular weight excluding hydrogens is 428 g/mol. The fourth-order valence-electron chi connectivity index (χ4n) is 1.49. The predicted octanol–water partition coefficient (Wildman–Crippen LogP) is 2.73. The second kappa shape index (κ2) is 6.34. The Labute approximate surface area is 141 Å². The van der Waals surface area contributed by atoms with Crippen LogP contribution in [0.3, 0.4) is 0 Å². The van der Waals surface area contributed by atoms with Gasteiger partial charge in [-0.25, -0.2) is 8.78 Å². The van der Waals surface area contributed by atoms with Crippen molar-refractivity contribution in [3.8, 4) is 11.3 Å². The van der Waals surface area contributed by atoms with E-state index in [1.165, 1.54) is 23.7 Å². The van der Waals surface area contributed by atoms with Gasteiger partial charge < -0.3 is 4.57 Å². The van der Waals surface area contributed by atoms with Gasteiger partial charge in [-0.3, -0.25) is 4.79 Å². The summed E-state index contributed by atoms with van der Waals surface area (Å²) in [6.45, 7) is 0. The Morgan fingerprint density at radius 3 is 2.61 bits per heavy atom. The van der Waals surface area contributed by atoms with Crippen molar-refractivity contribution in [2.45, 2.75) is 0 Å². The molecule has 2 nitrogen and oxygen atoms in total. The summed E-state index contributed by atoms with van der Waals surface area (Å²) in [5.74, 6) is -1.36. The molecule has 0 spiro atoms. The van der Waals surface area contributed by atoms with Crippen LogP contribution in [0, 0.1) is 21.3 Å². The Morgan fingerprint density at radius 2 is 2.00 bits per heavy atom. The van der Waals surface area contributed by atoms with Crippen molar-refractivity contribution in [1.82, 2.24) is 4.57 Å². The van der Waals surface area contributed by atoms with Crippen molar-refractivity contribution in [1.29, 1.82) is 0 Å². The van der Waals surface area contributed by atoms with E-state index in [1.807, 2.05) is 22.6 Å². The first-order valence-corrected chi connectivity index (χ1v) is 5.81. The van der Waals surface area contributed by atoms with Crippen molar-refractivity contribution in [2.24, 2.45) is 7.05 Å². The summed E-state index contributed by atoms with van der Waals surface area (Å²) in [7, 11) is 1.53. The van der Waals surface area contributed by atoms with Crippen LogP contribution in [-0.4, -0.2) is 4.57 Å². The summed E-state index contributed by atoms with van der Waals surface area (Å²) in [5.41, 5.74) is 0.221. The van der Waals surface area contributed by atoms with Crippen molar-refractivity contribution < 1.29 is 41.5 Å². The van der Waals surface area contributed by atoms with Crippen LogP contribution in [0.25, 0.3) is 11.3 Å². The number of hydrogen-bond acceptors (Lipinski definition) is 1. The molecular formula is C12H7F2INOY-. The molecule has 91 valence electrons. The summed E-state index contributed by atoms with van der Waals surface area (Å²) in [6.07, 6.45) is 0. The van der Waals surface area contributed by atoms with Gasteiger partial charge in [-0.15, -0.1) is 28.7 Å². The van der Waals surface area contributed by atoms with Gasteiger partial charge in [0.1, 0.15) is 5.82 Å². The van der Waals surface area contributed by atoms with Gasteiger partial charge in [-0.05, 0) is 15.7 Å². The molecule has 0 N–H and O–H groups in total. The molecule has 1 radical (unpaired) electrons. The summed E-state index contributed by atoms with van der Waals surface area (Å²) in [5, 5.41) is 0. The predicted molar refractivity (Wildman–Crippen MR) is 68.6 cm³/mol. The minimum atomic E-state index is -0.711. The smallest absolute Gasteiger partial charge is 0.207 e. The summed E-state index contributed by atoms with van der Waals surface area (Å²) < 4.78 is 28.1. The molecule has 18 heavy (non-hydrogen) atoms. The maximum atomic E-state index is 13.6. The molecule has 0 aliphatic rings. The van der Waals surface area contributed by atoms with Crippen LogP contribution in [0.15, 0.2) is 29.1 Å². The third-order valence-electron chi connectivity index (χ3n) is 2.37. The van der Waals surface area contributed by atoms with Crippen LogP contribution >= 0.6 is 22.6 Å². The largest absolute Gasteiger partial charge is 0.344 e. The zero-order valence-electron chi connectivity index (χ0n) is 9.38. The fourth-order valence-corrected chi connectivity index (χ4v) is 2.01. The molecule has 0 bridgehead atoms. The number of pyridine rings is 1. The van der Waals surface area contributed by atoms with E-state index in [4.69, 9.17) is 0 Å². The molecule has 0 atom stereocenters. The first-order chi connectivity index (χ1) is 8.00. The van der Waals surface area contributed by atoms with Crippen molar-refractivity contribution in [3.63, 3.8) is 0 Å². The second-order valence-corrected chi connectivity index (χ2v) is 4.64. The maximum Gasteiger partial charge on any atom is 0.207 e. The number of hydrogen-bond donors (Lipinski definition) is 0. The molecule has 0 aliphatic heterocycles. The van der Waals surface area contributed by atoms with Crippen molar-refractivity contribution in [3.05, 3.63) is 55.9 Å². The molecule has 1 aromatic carbocycles. The van der Waals surface area contributed by atoms with E-state index in [9.17, 15) is 13.6 Å². The van der Waals surface area contributed by atoms with Gasteiger partial charge in [0.05, 0.1) is 5.82 Å². The van der Waals surface area contributed by atoms with E-state index in [1.54, 1.807) is 0 Å². The van der Waals surface area contributed by atoms with Crippen LogP contribution in [0.2, 0.25) is 0 Å². The van der Waals surface area contributed by atoms with Crippen LogP contribution in [-0.2, 0) is 39.8 Å². The quantitative estimate of drug-likeness (QED) is 0.499. The number of nitrogens with zero attached hydrogens (tertiary/aromatic N) is 1. The molecule has 2 rings (SSSR count). The second-order valence-electron chi connectivity index (χ2n) is 3.47. The zero-order chi connectivity index (χ0) is 12.6. The zero-order valence-corrected chi connectivity index (χ0v) is 14.4. The molecule has 0 unspecified atom stereocenters. The Kier molecular flexibility index (Phi) is 5.61. The Balaban J connectivity index is 0.00000162. The van der Waals surface area contributed by atoms with Gasteiger partial charge in [0.15, 0.2) is 0 Å². The van der Waals surface area contributed by atoms with E-state index in [0.717, 1.165) is 12.1 Å². The van der Waals surface area contributed by atoms with E-state index in [-0.39, 0.29) is 43.8 Å². The summed E-state index contributed by atoms with van der Waals surface area (Å²) >= 11 is 1.88. The van der Waals surface area contributed by atoms with E-state index >= 15 is 0 Å². The molecule has 1 heterocycles. The van der Waals surface area contributed by atoms with E-state index < -0.39 is 11.6 Å². The third-order valence-corrected chi connectivity index (χ3v) is 3.14. The molecule has 6 heteroatoms. The fraction of sp³-hybridized carbons (Fsp3) is 0.0833. The van der Waals surface area contributed by atoms with Gasteiger partial charge in [-0.2, -0.15) is 12.1 Å². The molecule has 0 saturated heterocycles. The number of benzene rings is 1. The minimum absolute atomic E-state index is 0. The Morgan fingerprint density at radius 1 is 1.33 bits per heavy atom. The topological polar surface area (TPSA) is 22.0 Å². The van der Waals surface area contributed by atoms with Crippen LogP contribution in [0.1, 0.15) is 0 Å². The van der Waals surface area contributed by atoms with Gasteiger partial charge in [-0.1, -0.05) is 11.3 Å². The van der Waals surface area contributed by atoms with E-state index in [0.29, 0.717) is 9.26 Å². The SMILES string of the molecule is Cn1c(-c2ccc(F)cc2F)[c-]cc(I)c1=O.[Y]. The third kappa shape index (κ3) is 3.06. The van der Waals surface area contributed by atoms with Gasteiger partial charge in [0.2, 0.25) is 5.56 Å². The molecule has 2 aromatic rings. The normalized spacial score (nSPS) is 10.0. The summed E-state index contributed by atoms with van der Waals surface area (Å²) in [4.78, 5) is 11.7. The molecule has 0 saturated carbocycles. The van der Waals surface area contributed by atoms with Gasteiger partial charge in [0, 0.05) is 39.8 Å². The molecule has 0 fully saturated rings. The number of halogens is 3. The van der Waals surface area contributed by atoms with Crippen molar-refractivity contribution in [2.75, 3.05) is 0 Å². The van der Waals surface area contributed by atoms with E-state index in [2.05, 4.69) is 6.07 Å². The standard InChI is InChI=1S/C12H7F2INO.Y/c1-16-11(5-4-10(15)12(16)17)8-3-2-7(13)6-9(8)14;/h2-4,6H,1H3;/q-1;. The monoisotopic (exact) mass is 435 g/mol. The van der Waals surface area contributed by atoms with Crippen molar-refractivity contribution >= 4 is 22.6 Å². The van der Waals surface area contributed by atoms with Crippen LogP contribution < -0.4 is 5.56 Å². The van der Waals surface area contributed by atoms with Gasteiger partial charge >= 0.3 is 0 Å².